The minimum Gasteiger partial charge on any atom is -0.381 e. The number of nitrogens with two attached hydrogens (primary N) is 1. The number of hydrogen-bond donors (Lipinski definition) is 3. The van der Waals surface area contributed by atoms with Crippen molar-refractivity contribution < 1.29 is 9.53 Å². The Labute approximate surface area is 230 Å². The van der Waals surface area contributed by atoms with Crippen molar-refractivity contribution in [2.75, 3.05) is 43.6 Å². The fourth-order valence-corrected chi connectivity index (χ4v) is 5.32. The van der Waals surface area contributed by atoms with E-state index in [1.54, 1.807) is 24.4 Å². The molecule has 2 fully saturated rings. The van der Waals surface area contributed by atoms with Crippen LogP contribution in [0.25, 0.3) is 11.0 Å². The molecular weight excluding hydrogens is 524 g/mol. The Morgan fingerprint density at radius 2 is 1.95 bits per heavy atom. The van der Waals surface area contributed by atoms with Crippen molar-refractivity contribution in [2.24, 2.45) is 17.6 Å². The standard InChI is InChI=1S/C26H33ClN8O4/c1-15-7-17(28)12-33(10-15)26-30-9-19(27)23(32-26)31-18-3-4-20-21(8-18)34(6-5-22(36)29-2)24(37)25(38)35(20)11-16-13-39-14-16/h3-4,8-9,15-17H,5-7,10-14,28H2,1-2H3,(H,29,36)(H,30,31,32)/t15-,17+/m0/s1. The van der Waals surface area contributed by atoms with Gasteiger partial charge in [-0.05, 0) is 30.5 Å². The number of carbonyl (C=O) groups is 1. The van der Waals surface area contributed by atoms with Crippen LogP contribution in [0, 0.1) is 11.8 Å². The number of aromatic nitrogens is 4. The van der Waals surface area contributed by atoms with Gasteiger partial charge in [-0.15, -0.1) is 0 Å². The summed E-state index contributed by atoms with van der Waals surface area (Å²) >= 11 is 6.46. The van der Waals surface area contributed by atoms with Crippen LogP contribution in [0.2, 0.25) is 5.02 Å². The number of amides is 1. The molecule has 4 heterocycles. The van der Waals surface area contributed by atoms with Gasteiger partial charge in [-0.1, -0.05) is 18.5 Å². The number of nitrogens with one attached hydrogen (secondary N) is 2. The monoisotopic (exact) mass is 556 g/mol. The third-order valence-electron chi connectivity index (χ3n) is 7.19. The van der Waals surface area contributed by atoms with E-state index in [-0.39, 0.29) is 30.8 Å². The topological polar surface area (TPSA) is 149 Å². The van der Waals surface area contributed by atoms with Gasteiger partial charge in [0.2, 0.25) is 11.9 Å². The van der Waals surface area contributed by atoms with Crippen LogP contribution in [-0.2, 0) is 22.6 Å². The Hall–Kier alpha value is -3.48. The van der Waals surface area contributed by atoms with Gasteiger partial charge in [0, 0.05) is 57.3 Å². The van der Waals surface area contributed by atoms with E-state index >= 15 is 0 Å². The molecule has 208 valence electrons. The van der Waals surface area contributed by atoms with Crippen LogP contribution < -0.4 is 32.4 Å². The molecule has 0 unspecified atom stereocenters. The summed E-state index contributed by atoms with van der Waals surface area (Å²) in [6.07, 6.45) is 2.56. The number of fused-ring (bicyclic) bond motifs is 1. The fraction of sp³-hybridized carbons (Fsp3) is 0.500. The summed E-state index contributed by atoms with van der Waals surface area (Å²) in [7, 11) is 1.53. The summed E-state index contributed by atoms with van der Waals surface area (Å²) in [5.74, 6) is 1.29. The van der Waals surface area contributed by atoms with E-state index in [4.69, 9.17) is 22.1 Å². The highest BCUT2D eigenvalue weighted by atomic mass is 35.5. The molecule has 2 saturated heterocycles. The number of anilines is 3. The van der Waals surface area contributed by atoms with Gasteiger partial charge in [0.25, 0.3) is 0 Å². The third kappa shape index (κ3) is 5.77. The molecule has 12 nitrogen and oxygen atoms in total. The van der Waals surface area contributed by atoms with Crippen LogP contribution >= 0.6 is 11.6 Å². The molecule has 4 N–H and O–H groups in total. The van der Waals surface area contributed by atoms with Crippen molar-refractivity contribution in [3.63, 3.8) is 0 Å². The van der Waals surface area contributed by atoms with E-state index < -0.39 is 11.1 Å². The van der Waals surface area contributed by atoms with Crippen LogP contribution in [0.5, 0.6) is 0 Å². The van der Waals surface area contributed by atoms with E-state index in [1.807, 2.05) is 0 Å². The SMILES string of the molecule is CNC(=O)CCn1c(=O)c(=O)n(CC2COC2)c2ccc(Nc3nc(N4C[C@@H](C)C[C@@H](N)C4)ncc3Cl)cc21. The maximum atomic E-state index is 13.2. The second-order valence-corrected chi connectivity index (χ2v) is 10.8. The smallest absolute Gasteiger partial charge is 0.316 e. The van der Waals surface area contributed by atoms with E-state index in [1.165, 1.54) is 16.2 Å². The van der Waals surface area contributed by atoms with E-state index in [0.29, 0.717) is 65.7 Å². The van der Waals surface area contributed by atoms with Gasteiger partial charge in [-0.3, -0.25) is 14.4 Å². The number of nitrogens with zero attached hydrogens (tertiary/aromatic N) is 5. The zero-order chi connectivity index (χ0) is 27.7. The van der Waals surface area contributed by atoms with Crippen LogP contribution in [0.1, 0.15) is 19.8 Å². The number of benzene rings is 1. The van der Waals surface area contributed by atoms with Gasteiger partial charge >= 0.3 is 11.1 Å². The number of carbonyl (C=O) groups excluding carboxylic acids is 1. The maximum absolute atomic E-state index is 13.2. The highest BCUT2D eigenvalue weighted by Crippen LogP contribution is 2.28. The lowest BCUT2D eigenvalue weighted by atomic mass is 9.97. The van der Waals surface area contributed by atoms with Gasteiger partial charge in [0.1, 0.15) is 5.02 Å². The minimum absolute atomic E-state index is 0.0422. The second-order valence-electron chi connectivity index (χ2n) is 10.4. The number of ether oxygens (including phenoxy) is 1. The summed E-state index contributed by atoms with van der Waals surface area (Å²) in [6, 6.07) is 5.40. The zero-order valence-electron chi connectivity index (χ0n) is 22.0. The Balaban J connectivity index is 1.52. The van der Waals surface area contributed by atoms with E-state index in [9.17, 15) is 14.4 Å². The van der Waals surface area contributed by atoms with Gasteiger partial charge in [-0.25, -0.2) is 4.98 Å². The van der Waals surface area contributed by atoms with E-state index in [2.05, 4.69) is 32.4 Å². The lowest BCUT2D eigenvalue weighted by molar-refractivity contribution is -0.120. The molecule has 0 saturated carbocycles. The van der Waals surface area contributed by atoms with Crippen molar-refractivity contribution in [1.29, 1.82) is 0 Å². The molecule has 0 radical (unpaired) electrons. The summed E-state index contributed by atoms with van der Waals surface area (Å²) < 4.78 is 8.12. The van der Waals surface area contributed by atoms with Crippen LogP contribution in [0.15, 0.2) is 34.0 Å². The van der Waals surface area contributed by atoms with Crippen molar-refractivity contribution in [1.82, 2.24) is 24.4 Å². The summed E-state index contributed by atoms with van der Waals surface area (Å²) in [5.41, 5.74) is 6.65. The molecule has 1 aromatic carbocycles. The van der Waals surface area contributed by atoms with Crippen LogP contribution in [0.3, 0.4) is 0 Å². The number of hydrogen-bond acceptors (Lipinski definition) is 9. The molecule has 2 aliphatic rings. The molecule has 5 rings (SSSR count). The Kier molecular flexibility index (Phi) is 7.87. The first kappa shape index (κ1) is 27.1. The summed E-state index contributed by atoms with van der Waals surface area (Å²) in [6.45, 7) is 5.13. The quantitative estimate of drug-likeness (QED) is 0.349. The average Bonchev–Trinajstić information content (AvgIpc) is 2.88. The first-order chi connectivity index (χ1) is 18.7. The lowest BCUT2D eigenvalue weighted by Gasteiger charge is -2.34. The van der Waals surface area contributed by atoms with Crippen molar-refractivity contribution >= 4 is 46.0 Å². The normalized spacial score (nSPS) is 19.6. The molecule has 2 aromatic heterocycles. The fourth-order valence-electron chi connectivity index (χ4n) is 5.18. The van der Waals surface area contributed by atoms with Crippen molar-refractivity contribution in [2.45, 2.75) is 38.9 Å². The van der Waals surface area contributed by atoms with Crippen LogP contribution in [0.4, 0.5) is 17.5 Å². The molecule has 2 atom stereocenters. The molecule has 3 aromatic rings. The largest absolute Gasteiger partial charge is 0.381 e. The van der Waals surface area contributed by atoms with Crippen molar-refractivity contribution in [3.05, 3.63) is 50.1 Å². The predicted octanol–water partition coefficient (Wildman–Crippen LogP) is 1.31. The summed E-state index contributed by atoms with van der Waals surface area (Å²) in [4.78, 5) is 49.3. The molecule has 2 aliphatic heterocycles. The first-order valence-electron chi connectivity index (χ1n) is 13.1. The number of piperidine rings is 1. The molecule has 13 heteroatoms. The predicted molar refractivity (Wildman–Crippen MR) is 150 cm³/mol. The molecule has 0 bridgehead atoms. The Bertz CT molecular complexity index is 1490. The molecule has 0 spiro atoms. The minimum atomic E-state index is -0.679. The molecule has 1 amide bonds. The Morgan fingerprint density at radius 3 is 2.64 bits per heavy atom. The molecule has 39 heavy (non-hydrogen) atoms. The maximum Gasteiger partial charge on any atom is 0.316 e. The molecule has 0 aliphatic carbocycles. The zero-order valence-corrected chi connectivity index (χ0v) is 22.8. The Morgan fingerprint density at radius 1 is 1.18 bits per heavy atom. The van der Waals surface area contributed by atoms with Crippen LogP contribution in [-0.4, -0.2) is 64.4 Å². The highest BCUT2D eigenvalue weighted by Gasteiger charge is 2.25. The third-order valence-corrected chi connectivity index (χ3v) is 7.47. The summed E-state index contributed by atoms with van der Waals surface area (Å²) in [5, 5.41) is 6.13. The van der Waals surface area contributed by atoms with Crippen molar-refractivity contribution in [3.8, 4) is 0 Å². The number of rotatable bonds is 8. The average molecular weight is 557 g/mol. The first-order valence-corrected chi connectivity index (χ1v) is 13.5. The molecular formula is C26H33ClN8O4. The van der Waals surface area contributed by atoms with Gasteiger partial charge in [-0.2, -0.15) is 4.98 Å². The highest BCUT2D eigenvalue weighted by molar-refractivity contribution is 6.32. The lowest BCUT2D eigenvalue weighted by Crippen LogP contribution is -2.47. The number of halogens is 1. The van der Waals surface area contributed by atoms with E-state index in [0.717, 1.165) is 13.0 Å². The second kappa shape index (κ2) is 11.3. The van der Waals surface area contributed by atoms with Gasteiger partial charge in [0.05, 0.1) is 30.4 Å². The van der Waals surface area contributed by atoms with Gasteiger partial charge in [0.15, 0.2) is 5.82 Å². The van der Waals surface area contributed by atoms with Gasteiger partial charge < -0.3 is 35.1 Å². The number of aryl methyl sites for hydroxylation is 1.